The number of carbonyl (C=O) groups excluding carboxylic acids is 5. The quantitative estimate of drug-likeness (QED) is 0.122. The molecular weight excluding hydrogens is 848 g/mol. The van der Waals surface area contributed by atoms with Crippen molar-refractivity contribution < 1.29 is 99.8 Å². The van der Waals surface area contributed by atoms with E-state index in [1.165, 1.54) is 55.6 Å². The molecule has 0 aromatic heterocycles. The van der Waals surface area contributed by atoms with Crippen LogP contribution in [-0.2, 0) is 64.1 Å². The van der Waals surface area contributed by atoms with Crippen molar-refractivity contribution in [3.05, 3.63) is 11.8 Å². The molecule has 1 aliphatic rings. The van der Waals surface area contributed by atoms with Crippen LogP contribution in [0.2, 0.25) is 0 Å². The number of ketones is 3. The molecule has 7 N–H and O–H groups in total. The van der Waals surface area contributed by atoms with E-state index in [1.54, 1.807) is 41.5 Å². The number of hydrogen-bond donors (Lipinski definition) is 7. The summed E-state index contributed by atoms with van der Waals surface area (Å²) in [6.45, 7) is 20.0. The minimum Gasteiger partial charge on any atom is -0.512 e. The van der Waals surface area contributed by atoms with Crippen LogP contribution in [-0.4, -0.2) is 112 Å². The van der Waals surface area contributed by atoms with E-state index in [4.69, 9.17) is 40.5 Å². The van der Waals surface area contributed by atoms with Crippen molar-refractivity contribution in [2.45, 2.75) is 157 Å². The zero-order chi connectivity index (χ0) is 41.5. The largest absolute Gasteiger partial charge is 0.512 e. The Morgan fingerprint density at radius 1 is 0.725 bits per heavy atom. The van der Waals surface area contributed by atoms with Crippen LogP contribution in [0, 0.1) is 0 Å². The van der Waals surface area contributed by atoms with Gasteiger partial charge in [-0.15, -0.1) is 0 Å². The summed E-state index contributed by atoms with van der Waals surface area (Å²) in [7, 11) is 1.30. The molecule has 0 bridgehead atoms. The summed E-state index contributed by atoms with van der Waals surface area (Å²) in [4.78, 5) is 71.6. The van der Waals surface area contributed by atoms with Crippen molar-refractivity contribution in [3.63, 3.8) is 0 Å². The molecular formula is C34H62O16W. The van der Waals surface area contributed by atoms with Crippen LogP contribution in [0.25, 0.3) is 0 Å². The van der Waals surface area contributed by atoms with Crippen LogP contribution < -0.4 is 0 Å². The number of Topliss-reactive ketones (excluding diaryl/α,β-unsaturated/α-hetero) is 3. The molecule has 16 nitrogen and oxygen atoms in total. The average Bonchev–Trinajstić information content (AvgIpc) is 2.72. The molecule has 0 unspecified atom stereocenters. The van der Waals surface area contributed by atoms with E-state index in [2.05, 4.69) is 4.74 Å². The monoisotopic (exact) mass is 910 g/mol. The van der Waals surface area contributed by atoms with Crippen LogP contribution in [0.5, 0.6) is 0 Å². The third kappa shape index (κ3) is 69.5. The van der Waals surface area contributed by atoms with Crippen molar-refractivity contribution in [1.29, 1.82) is 0 Å². The number of esters is 2. The molecule has 1 rings (SSSR count). The van der Waals surface area contributed by atoms with Gasteiger partial charge < -0.3 is 50.0 Å². The number of carboxylic acids is 2. The van der Waals surface area contributed by atoms with Gasteiger partial charge in [-0.3, -0.25) is 24.0 Å². The van der Waals surface area contributed by atoms with Crippen molar-refractivity contribution in [2.24, 2.45) is 0 Å². The predicted molar refractivity (Wildman–Crippen MR) is 183 cm³/mol. The Bertz CT molecular complexity index is 1080. The summed E-state index contributed by atoms with van der Waals surface area (Å²) >= 11 is 0. The molecule has 51 heavy (non-hydrogen) atoms. The SMILES string of the molecule is CC(=O)CC(=O)CC(C)(C)O.CC(C)(O)CC(=O)O.CC(C)(O)CC(=O)O.CC(C)=O.CC1(C)CC(O)=CC(=O)O1.COC(=O)CC(C)(C)O.[W]. The van der Waals surface area contributed by atoms with Crippen LogP contribution in [0.4, 0.5) is 0 Å². The second-order valence-electron chi connectivity index (χ2n) is 14.6. The molecule has 0 saturated heterocycles. The van der Waals surface area contributed by atoms with E-state index in [-0.39, 0.29) is 82.2 Å². The topological polar surface area (TPSA) is 280 Å². The summed E-state index contributed by atoms with van der Waals surface area (Å²) in [6.07, 6.45) is 1.13. The van der Waals surface area contributed by atoms with Gasteiger partial charge in [0.05, 0.1) is 61.3 Å². The molecule has 0 aromatic rings. The average molecular weight is 911 g/mol. The number of aliphatic carboxylic acids is 2. The first kappa shape index (κ1) is 60.1. The number of aliphatic hydroxyl groups is 5. The van der Waals surface area contributed by atoms with Crippen LogP contribution in [0.15, 0.2) is 11.8 Å². The van der Waals surface area contributed by atoms with Crippen LogP contribution in [0.3, 0.4) is 0 Å². The smallest absolute Gasteiger partial charge is 0.334 e. The van der Waals surface area contributed by atoms with E-state index in [0.717, 1.165) is 6.08 Å². The van der Waals surface area contributed by atoms with E-state index in [9.17, 15) is 33.6 Å². The van der Waals surface area contributed by atoms with E-state index < -0.39 is 45.9 Å². The van der Waals surface area contributed by atoms with Gasteiger partial charge >= 0.3 is 23.9 Å². The second-order valence-corrected chi connectivity index (χ2v) is 14.6. The molecule has 17 heteroatoms. The number of cyclic esters (lactones) is 1. The molecule has 300 valence electrons. The second kappa shape index (κ2) is 27.6. The van der Waals surface area contributed by atoms with Gasteiger partial charge in [0.2, 0.25) is 0 Å². The Balaban J connectivity index is -0.000000121. The Kier molecular flexibility index (Phi) is 32.5. The Hall–Kier alpha value is -3.04. The fraction of sp³-hybridized carbons (Fsp3) is 0.735. The molecule has 1 heterocycles. The fourth-order valence-electron chi connectivity index (χ4n) is 2.95. The molecule has 0 aromatic carbocycles. The maximum atomic E-state index is 10.9. The Morgan fingerprint density at radius 3 is 1.20 bits per heavy atom. The predicted octanol–water partition coefficient (Wildman–Crippen LogP) is 3.23. The maximum Gasteiger partial charge on any atom is 0.334 e. The normalized spacial score (nSPS) is 13.1. The van der Waals surface area contributed by atoms with E-state index in [1.807, 2.05) is 0 Å². The third-order valence-corrected chi connectivity index (χ3v) is 4.32. The number of carboxylic acid groups (broad SMARTS) is 2. The molecule has 0 radical (unpaired) electrons. The first-order valence-corrected chi connectivity index (χ1v) is 15.3. The third-order valence-electron chi connectivity index (χ3n) is 4.32. The first-order chi connectivity index (χ1) is 21.8. The van der Waals surface area contributed by atoms with Gasteiger partial charge in [-0.25, -0.2) is 4.79 Å². The van der Waals surface area contributed by atoms with Crippen molar-refractivity contribution in [2.75, 3.05) is 7.11 Å². The minimum absolute atomic E-state index is 0. The van der Waals surface area contributed by atoms with Crippen molar-refractivity contribution in [3.8, 4) is 0 Å². The fourth-order valence-corrected chi connectivity index (χ4v) is 2.95. The zero-order valence-electron chi connectivity index (χ0n) is 32.5. The first-order valence-electron chi connectivity index (χ1n) is 15.3. The Labute approximate surface area is 315 Å². The number of methoxy groups -OCH3 is 1. The molecule has 1 aliphatic heterocycles. The van der Waals surface area contributed by atoms with Gasteiger partial charge in [0.25, 0.3) is 0 Å². The van der Waals surface area contributed by atoms with Crippen molar-refractivity contribution >= 4 is 41.2 Å². The van der Waals surface area contributed by atoms with Crippen molar-refractivity contribution in [1.82, 2.24) is 0 Å². The number of rotatable bonds is 10. The van der Waals surface area contributed by atoms with Gasteiger partial charge in [-0.1, -0.05) is 0 Å². The van der Waals surface area contributed by atoms with E-state index in [0.29, 0.717) is 6.42 Å². The summed E-state index contributed by atoms with van der Waals surface area (Å²) in [6, 6.07) is 0. The van der Waals surface area contributed by atoms with Gasteiger partial charge in [-0.2, -0.15) is 0 Å². The molecule has 0 aliphatic carbocycles. The van der Waals surface area contributed by atoms with Crippen LogP contribution in [0.1, 0.15) is 129 Å². The zero-order valence-corrected chi connectivity index (χ0v) is 35.5. The van der Waals surface area contributed by atoms with Gasteiger partial charge in [0, 0.05) is 33.9 Å². The molecule has 0 saturated carbocycles. The molecule has 0 atom stereocenters. The summed E-state index contributed by atoms with van der Waals surface area (Å²) in [5.41, 5.74) is -4.65. The Morgan fingerprint density at radius 2 is 1.04 bits per heavy atom. The summed E-state index contributed by atoms with van der Waals surface area (Å²) < 4.78 is 9.20. The standard InChI is InChI=1S/C8H14O3.C7H10O3.C6H12O3.2C5H10O3.C3H6O.W/c1-6(9)4-7(10)5-8(2,3)11;1-7(2)4-5(8)3-6(9)10-7;1-6(2,8)4-5(7)9-3;2*1-5(2,8)3-4(6)7;1-3(2)4;/h11H,4-5H2,1-3H3;3,8H,4H2,1-2H3;8H,4H2,1-3H3;2*8H,3H2,1-2H3,(H,6,7);1-2H3;. The van der Waals surface area contributed by atoms with Crippen LogP contribution >= 0.6 is 0 Å². The number of ether oxygens (including phenoxy) is 2. The molecule has 0 fully saturated rings. The van der Waals surface area contributed by atoms with E-state index >= 15 is 0 Å². The number of aliphatic hydroxyl groups excluding tert-OH is 1. The maximum absolute atomic E-state index is 10.9. The number of hydrogen-bond acceptors (Lipinski definition) is 14. The molecule has 0 amide bonds. The van der Waals surface area contributed by atoms with Gasteiger partial charge in [0.15, 0.2) is 0 Å². The summed E-state index contributed by atoms with van der Waals surface area (Å²) in [5.74, 6) is -2.89. The summed E-state index contributed by atoms with van der Waals surface area (Å²) in [5, 5.41) is 61.0. The molecule has 0 spiro atoms. The van der Waals surface area contributed by atoms with Gasteiger partial charge in [0.1, 0.15) is 28.7 Å². The van der Waals surface area contributed by atoms with Gasteiger partial charge in [-0.05, 0) is 90.0 Å². The number of carbonyl (C=O) groups is 7. The minimum atomic E-state index is -1.08.